The van der Waals surface area contributed by atoms with Crippen molar-refractivity contribution in [1.82, 2.24) is 0 Å². The molecule has 0 unspecified atom stereocenters. The van der Waals surface area contributed by atoms with E-state index in [1.807, 2.05) is 0 Å². The highest BCUT2D eigenvalue weighted by Crippen LogP contribution is 2.15. The van der Waals surface area contributed by atoms with Crippen LogP contribution in [0.4, 0.5) is 0 Å². The molecule has 0 aromatic carbocycles. The van der Waals surface area contributed by atoms with Crippen molar-refractivity contribution < 1.29 is 5.11 Å². The normalized spacial score (nSPS) is 16.8. The molecule has 0 aromatic heterocycles. The molecule has 0 spiro atoms. The standard InChI is InChI=1S/C6H10OS/c1-3-5-6(7,8)4-2/h3-4,7-8H,1-2,5H2/t6-/m0/s1. The molecule has 0 bridgehead atoms. The fraction of sp³-hybridized carbons (Fsp3) is 0.333. The van der Waals surface area contributed by atoms with Crippen molar-refractivity contribution in [2.24, 2.45) is 0 Å². The summed E-state index contributed by atoms with van der Waals surface area (Å²) in [4.78, 5) is -1.07. The van der Waals surface area contributed by atoms with Crippen molar-refractivity contribution in [2.75, 3.05) is 0 Å². The smallest absolute Gasteiger partial charge is 0.129 e. The minimum absolute atomic E-state index is 0.430. The predicted molar refractivity (Wildman–Crippen MR) is 38.9 cm³/mol. The van der Waals surface area contributed by atoms with Crippen LogP contribution in [0, 0.1) is 0 Å². The number of rotatable bonds is 3. The summed E-state index contributed by atoms with van der Waals surface area (Å²) in [5.41, 5.74) is 0. The summed E-state index contributed by atoms with van der Waals surface area (Å²) in [5, 5.41) is 9.00. The Morgan fingerprint density at radius 2 is 2.12 bits per heavy atom. The first-order chi connectivity index (χ1) is 3.62. The summed E-state index contributed by atoms with van der Waals surface area (Å²) < 4.78 is 0. The second-order valence-corrected chi connectivity index (χ2v) is 2.35. The van der Waals surface area contributed by atoms with Gasteiger partial charge >= 0.3 is 0 Å². The molecular formula is C6H10OS. The zero-order valence-corrected chi connectivity index (χ0v) is 5.56. The average molecular weight is 130 g/mol. The molecule has 46 valence electrons. The minimum atomic E-state index is -1.07. The monoisotopic (exact) mass is 130 g/mol. The summed E-state index contributed by atoms with van der Waals surface area (Å²) in [7, 11) is 0. The third-order valence-corrected chi connectivity index (χ3v) is 1.14. The van der Waals surface area contributed by atoms with Crippen molar-refractivity contribution in [3.63, 3.8) is 0 Å². The first kappa shape index (κ1) is 7.79. The fourth-order valence-electron chi connectivity index (χ4n) is 0.296. The molecule has 0 aliphatic carbocycles. The van der Waals surface area contributed by atoms with Crippen molar-refractivity contribution >= 4 is 12.6 Å². The second-order valence-electron chi connectivity index (χ2n) is 1.58. The maximum absolute atomic E-state index is 9.00. The zero-order valence-electron chi connectivity index (χ0n) is 4.67. The fourth-order valence-corrected chi connectivity index (χ4v) is 0.425. The Morgan fingerprint density at radius 3 is 2.25 bits per heavy atom. The first-order valence-electron chi connectivity index (χ1n) is 2.31. The van der Waals surface area contributed by atoms with Gasteiger partial charge in [-0.15, -0.1) is 19.2 Å². The molecule has 1 N–H and O–H groups in total. The number of hydrogen-bond donors (Lipinski definition) is 2. The Balaban J connectivity index is 3.70. The van der Waals surface area contributed by atoms with E-state index >= 15 is 0 Å². The Labute approximate surface area is 55.1 Å². The van der Waals surface area contributed by atoms with Gasteiger partial charge in [-0.25, -0.2) is 0 Å². The highest BCUT2D eigenvalue weighted by atomic mass is 32.1. The highest BCUT2D eigenvalue weighted by molar-refractivity contribution is 7.81. The van der Waals surface area contributed by atoms with Gasteiger partial charge < -0.3 is 5.11 Å². The van der Waals surface area contributed by atoms with Gasteiger partial charge in [0.2, 0.25) is 0 Å². The van der Waals surface area contributed by atoms with E-state index in [2.05, 4.69) is 25.8 Å². The van der Waals surface area contributed by atoms with Crippen molar-refractivity contribution in [3.8, 4) is 0 Å². The molecule has 0 heterocycles. The van der Waals surface area contributed by atoms with Crippen LogP contribution in [-0.2, 0) is 0 Å². The molecule has 0 rings (SSSR count). The number of thiol groups is 1. The van der Waals surface area contributed by atoms with Gasteiger partial charge in [-0.3, -0.25) is 0 Å². The van der Waals surface area contributed by atoms with E-state index in [1.165, 1.54) is 6.08 Å². The van der Waals surface area contributed by atoms with E-state index < -0.39 is 4.93 Å². The molecule has 0 radical (unpaired) electrons. The summed E-state index contributed by atoms with van der Waals surface area (Å²) in [5.74, 6) is 0. The van der Waals surface area contributed by atoms with E-state index in [0.29, 0.717) is 6.42 Å². The molecule has 1 nitrogen and oxygen atoms in total. The van der Waals surface area contributed by atoms with Crippen LogP contribution >= 0.6 is 12.6 Å². The molecule has 0 saturated carbocycles. The van der Waals surface area contributed by atoms with Crippen LogP contribution < -0.4 is 0 Å². The van der Waals surface area contributed by atoms with E-state index in [1.54, 1.807) is 6.08 Å². The molecule has 0 amide bonds. The molecule has 8 heavy (non-hydrogen) atoms. The van der Waals surface area contributed by atoms with Gasteiger partial charge in [0.05, 0.1) is 0 Å². The second kappa shape index (κ2) is 2.95. The van der Waals surface area contributed by atoms with Gasteiger partial charge in [0.25, 0.3) is 0 Å². The largest absolute Gasteiger partial charge is 0.376 e. The van der Waals surface area contributed by atoms with Crippen LogP contribution in [-0.4, -0.2) is 10.0 Å². The third-order valence-electron chi connectivity index (χ3n) is 0.772. The summed E-state index contributed by atoms with van der Waals surface area (Å²) in [6.45, 7) is 6.81. The quantitative estimate of drug-likeness (QED) is 0.336. The van der Waals surface area contributed by atoms with Gasteiger partial charge in [-0.05, 0) is 6.08 Å². The van der Waals surface area contributed by atoms with E-state index in [4.69, 9.17) is 5.11 Å². The van der Waals surface area contributed by atoms with E-state index in [-0.39, 0.29) is 0 Å². The van der Waals surface area contributed by atoms with Gasteiger partial charge in [0, 0.05) is 6.42 Å². The molecule has 0 aliphatic rings. The minimum Gasteiger partial charge on any atom is -0.376 e. The van der Waals surface area contributed by atoms with Crippen molar-refractivity contribution in [2.45, 2.75) is 11.4 Å². The van der Waals surface area contributed by atoms with Crippen LogP contribution in [0.3, 0.4) is 0 Å². The topological polar surface area (TPSA) is 20.2 Å². The Kier molecular flexibility index (Phi) is 2.87. The lowest BCUT2D eigenvalue weighted by atomic mass is 10.2. The average Bonchev–Trinajstić information content (AvgIpc) is 1.67. The van der Waals surface area contributed by atoms with Crippen molar-refractivity contribution in [1.29, 1.82) is 0 Å². The highest BCUT2D eigenvalue weighted by Gasteiger charge is 2.12. The molecule has 1 atom stereocenters. The SMILES string of the molecule is C=CC[C@@](O)(S)C=C. The lowest BCUT2D eigenvalue weighted by molar-refractivity contribution is 0.194. The molecule has 0 saturated heterocycles. The van der Waals surface area contributed by atoms with Gasteiger partial charge in [-0.1, -0.05) is 12.7 Å². The maximum atomic E-state index is 9.00. The van der Waals surface area contributed by atoms with Crippen LogP contribution in [0.1, 0.15) is 6.42 Å². The van der Waals surface area contributed by atoms with Gasteiger partial charge in [0.15, 0.2) is 0 Å². The molecular weight excluding hydrogens is 120 g/mol. The zero-order chi connectivity index (χ0) is 6.62. The van der Waals surface area contributed by atoms with Crippen LogP contribution in [0.2, 0.25) is 0 Å². The van der Waals surface area contributed by atoms with E-state index in [9.17, 15) is 0 Å². The molecule has 2 heteroatoms. The summed E-state index contributed by atoms with van der Waals surface area (Å²) in [6.07, 6.45) is 3.39. The van der Waals surface area contributed by atoms with Crippen molar-refractivity contribution in [3.05, 3.63) is 25.3 Å². The van der Waals surface area contributed by atoms with Gasteiger partial charge in [0.1, 0.15) is 4.93 Å². The van der Waals surface area contributed by atoms with Crippen LogP contribution in [0.25, 0.3) is 0 Å². The summed E-state index contributed by atoms with van der Waals surface area (Å²) >= 11 is 3.83. The van der Waals surface area contributed by atoms with Crippen LogP contribution in [0.5, 0.6) is 0 Å². The Hall–Kier alpha value is -0.210. The lowest BCUT2D eigenvalue weighted by Gasteiger charge is -2.13. The maximum Gasteiger partial charge on any atom is 0.129 e. The number of aliphatic hydroxyl groups is 1. The third kappa shape index (κ3) is 2.88. The first-order valence-corrected chi connectivity index (χ1v) is 2.76. The number of hydrogen-bond acceptors (Lipinski definition) is 2. The van der Waals surface area contributed by atoms with Gasteiger partial charge in [-0.2, -0.15) is 0 Å². The molecule has 0 aromatic rings. The Morgan fingerprint density at radius 1 is 1.62 bits per heavy atom. The Bertz CT molecular complexity index is 96.7. The lowest BCUT2D eigenvalue weighted by Crippen LogP contribution is -2.14. The molecule has 0 aliphatic heterocycles. The summed E-state index contributed by atoms with van der Waals surface area (Å²) in [6, 6.07) is 0. The predicted octanol–water partition coefficient (Wildman–Crippen LogP) is 1.37. The molecule has 0 fully saturated rings. The van der Waals surface area contributed by atoms with Crippen LogP contribution in [0.15, 0.2) is 25.3 Å². The van der Waals surface area contributed by atoms with E-state index in [0.717, 1.165) is 0 Å².